The summed E-state index contributed by atoms with van der Waals surface area (Å²) in [7, 11) is 0. The summed E-state index contributed by atoms with van der Waals surface area (Å²) in [6, 6.07) is 17.4. The summed E-state index contributed by atoms with van der Waals surface area (Å²) >= 11 is 0. The molecule has 0 aliphatic carbocycles. The van der Waals surface area contributed by atoms with E-state index in [1.165, 1.54) is 0 Å². The minimum Gasteiger partial charge on any atom is -0.489 e. The molecule has 2 aromatic carbocycles. The SMILES string of the molecule is C=CCOc1ccc(-c2nn(-c3ccccc3)cc2/C=C2/C(=O)N(CCC)C(=O)C(C#N)=C2C)cc1C. The van der Waals surface area contributed by atoms with Gasteiger partial charge in [0.05, 0.1) is 11.4 Å². The number of carbonyl (C=O) groups is 2. The fourth-order valence-electron chi connectivity index (χ4n) is 4.25. The number of hydrogen-bond acceptors (Lipinski definition) is 5. The van der Waals surface area contributed by atoms with Gasteiger partial charge >= 0.3 is 0 Å². The molecule has 0 saturated carbocycles. The highest BCUT2D eigenvalue weighted by Gasteiger charge is 2.35. The standard InChI is InChI=1S/C30H28N4O3/c1-5-14-33-29(35)25(21(4)26(18-31)30(33)36)17-23-19-34(24-10-8-7-9-11-24)32-28(23)22-12-13-27(20(3)16-22)37-15-6-2/h6-13,16-17,19H,2,5,14-15H2,1,3-4H3/b25-17+. The molecule has 37 heavy (non-hydrogen) atoms. The zero-order valence-corrected chi connectivity index (χ0v) is 21.2. The topological polar surface area (TPSA) is 88.2 Å². The Balaban J connectivity index is 1.89. The Bertz CT molecular complexity index is 1470. The van der Waals surface area contributed by atoms with Crippen LogP contribution in [0.2, 0.25) is 0 Å². The van der Waals surface area contributed by atoms with Crippen molar-refractivity contribution in [2.45, 2.75) is 27.2 Å². The first-order chi connectivity index (χ1) is 17.9. The molecule has 0 bridgehead atoms. The highest BCUT2D eigenvalue weighted by molar-refractivity contribution is 6.19. The number of nitrogens with zero attached hydrogens (tertiary/aromatic N) is 4. The molecule has 4 rings (SSSR count). The van der Waals surface area contributed by atoms with Gasteiger partial charge in [0, 0.05) is 29.4 Å². The lowest BCUT2D eigenvalue weighted by atomic mass is 9.93. The van der Waals surface area contributed by atoms with E-state index >= 15 is 0 Å². The summed E-state index contributed by atoms with van der Waals surface area (Å²) in [5, 5.41) is 14.5. The van der Waals surface area contributed by atoms with Gasteiger partial charge < -0.3 is 4.74 Å². The van der Waals surface area contributed by atoms with Gasteiger partial charge in [-0.05, 0) is 67.8 Å². The summed E-state index contributed by atoms with van der Waals surface area (Å²) in [4.78, 5) is 27.3. The predicted molar refractivity (Wildman–Crippen MR) is 143 cm³/mol. The van der Waals surface area contributed by atoms with E-state index in [0.29, 0.717) is 35.4 Å². The summed E-state index contributed by atoms with van der Waals surface area (Å²) in [5.41, 5.74) is 4.64. The first kappa shape index (κ1) is 25.4. The van der Waals surface area contributed by atoms with Crippen LogP contribution >= 0.6 is 0 Å². The molecule has 0 N–H and O–H groups in total. The molecular weight excluding hydrogens is 464 g/mol. The van der Waals surface area contributed by atoms with Crippen LogP contribution < -0.4 is 4.74 Å². The molecule has 1 aliphatic rings. The maximum atomic E-state index is 13.4. The summed E-state index contributed by atoms with van der Waals surface area (Å²) in [6.45, 7) is 9.82. The molecule has 0 radical (unpaired) electrons. The van der Waals surface area contributed by atoms with E-state index in [1.807, 2.05) is 74.6 Å². The van der Waals surface area contributed by atoms with Gasteiger partial charge in [-0.3, -0.25) is 14.5 Å². The van der Waals surface area contributed by atoms with Crippen molar-refractivity contribution in [1.29, 1.82) is 5.26 Å². The Morgan fingerprint density at radius 1 is 1.11 bits per heavy atom. The second-order valence-electron chi connectivity index (χ2n) is 8.72. The van der Waals surface area contributed by atoms with Gasteiger partial charge in [-0.15, -0.1) is 0 Å². The van der Waals surface area contributed by atoms with Crippen LogP contribution in [0.4, 0.5) is 0 Å². The van der Waals surface area contributed by atoms with Crippen LogP contribution in [0, 0.1) is 18.3 Å². The smallest absolute Gasteiger partial charge is 0.271 e. The molecule has 1 aromatic heterocycles. The van der Waals surface area contributed by atoms with Crippen LogP contribution in [0.5, 0.6) is 5.75 Å². The lowest BCUT2D eigenvalue weighted by Gasteiger charge is -2.27. The van der Waals surface area contributed by atoms with Crippen molar-refractivity contribution in [3.63, 3.8) is 0 Å². The van der Waals surface area contributed by atoms with Crippen LogP contribution in [-0.4, -0.2) is 39.6 Å². The number of imide groups is 1. The van der Waals surface area contributed by atoms with Crippen LogP contribution in [0.3, 0.4) is 0 Å². The summed E-state index contributed by atoms with van der Waals surface area (Å²) in [5.74, 6) is -0.208. The molecule has 7 heteroatoms. The van der Waals surface area contributed by atoms with E-state index in [1.54, 1.807) is 23.8 Å². The Morgan fingerprint density at radius 2 is 1.86 bits per heavy atom. The maximum absolute atomic E-state index is 13.4. The highest BCUT2D eigenvalue weighted by atomic mass is 16.5. The number of carbonyl (C=O) groups excluding carboxylic acids is 2. The molecule has 1 aliphatic heterocycles. The largest absolute Gasteiger partial charge is 0.489 e. The van der Waals surface area contributed by atoms with E-state index in [2.05, 4.69) is 6.58 Å². The number of aryl methyl sites for hydroxylation is 1. The van der Waals surface area contributed by atoms with E-state index in [-0.39, 0.29) is 12.1 Å². The predicted octanol–water partition coefficient (Wildman–Crippen LogP) is 5.41. The number of ether oxygens (including phenoxy) is 1. The van der Waals surface area contributed by atoms with Gasteiger partial charge in [0.2, 0.25) is 0 Å². The molecule has 2 amide bonds. The number of amides is 2. The van der Waals surface area contributed by atoms with Gasteiger partial charge in [0.15, 0.2) is 0 Å². The first-order valence-corrected chi connectivity index (χ1v) is 12.1. The Hall–Kier alpha value is -4.70. The molecular formula is C30H28N4O3. The Kier molecular flexibility index (Phi) is 7.49. The van der Waals surface area contributed by atoms with Crippen molar-refractivity contribution in [2.75, 3.05) is 13.2 Å². The second kappa shape index (κ2) is 10.9. The molecule has 0 fully saturated rings. The molecule has 0 saturated heterocycles. The summed E-state index contributed by atoms with van der Waals surface area (Å²) in [6.07, 6.45) is 5.86. The van der Waals surface area contributed by atoms with Gasteiger partial charge in [0.1, 0.15) is 24.0 Å². The third kappa shape index (κ3) is 5.00. The van der Waals surface area contributed by atoms with Gasteiger partial charge in [-0.25, -0.2) is 4.68 Å². The van der Waals surface area contributed by atoms with Crippen molar-refractivity contribution in [3.8, 4) is 28.8 Å². The molecule has 3 aromatic rings. The first-order valence-electron chi connectivity index (χ1n) is 12.1. The van der Waals surface area contributed by atoms with Crippen molar-refractivity contribution >= 4 is 17.9 Å². The number of nitriles is 1. The number of para-hydroxylation sites is 1. The normalized spacial score (nSPS) is 14.8. The zero-order chi connectivity index (χ0) is 26.5. The van der Waals surface area contributed by atoms with E-state index in [4.69, 9.17) is 9.84 Å². The molecule has 186 valence electrons. The van der Waals surface area contributed by atoms with Crippen LogP contribution in [0.15, 0.2) is 84.1 Å². The third-order valence-corrected chi connectivity index (χ3v) is 6.14. The number of rotatable bonds is 8. The van der Waals surface area contributed by atoms with Crippen molar-refractivity contribution < 1.29 is 14.3 Å². The van der Waals surface area contributed by atoms with E-state index < -0.39 is 11.8 Å². The average molecular weight is 493 g/mol. The number of hydrogen-bond donors (Lipinski definition) is 0. The lowest BCUT2D eigenvalue weighted by Crippen LogP contribution is -2.43. The minimum absolute atomic E-state index is 0.0177. The average Bonchev–Trinajstić information content (AvgIpc) is 3.33. The molecule has 0 spiro atoms. The van der Waals surface area contributed by atoms with Crippen LogP contribution in [0.25, 0.3) is 23.0 Å². The van der Waals surface area contributed by atoms with Crippen molar-refractivity contribution in [3.05, 3.63) is 95.2 Å². The maximum Gasteiger partial charge on any atom is 0.271 e. The lowest BCUT2D eigenvalue weighted by molar-refractivity contribution is -0.140. The van der Waals surface area contributed by atoms with Crippen molar-refractivity contribution in [1.82, 2.24) is 14.7 Å². The quantitative estimate of drug-likeness (QED) is 0.238. The third-order valence-electron chi connectivity index (χ3n) is 6.14. The molecule has 2 heterocycles. The van der Waals surface area contributed by atoms with Gasteiger partial charge in [0.25, 0.3) is 11.8 Å². The fraction of sp³-hybridized carbons (Fsp3) is 0.200. The van der Waals surface area contributed by atoms with E-state index in [0.717, 1.165) is 27.5 Å². The Labute approximate surface area is 216 Å². The van der Waals surface area contributed by atoms with Crippen LogP contribution in [0.1, 0.15) is 31.4 Å². The molecule has 7 nitrogen and oxygen atoms in total. The van der Waals surface area contributed by atoms with E-state index in [9.17, 15) is 14.9 Å². The summed E-state index contributed by atoms with van der Waals surface area (Å²) < 4.78 is 7.48. The van der Waals surface area contributed by atoms with Crippen molar-refractivity contribution in [2.24, 2.45) is 0 Å². The molecule has 0 unspecified atom stereocenters. The Morgan fingerprint density at radius 3 is 2.51 bits per heavy atom. The minimum atomic E-state index is -0.546. The zero-order valence-electron chi connectivity index (χ0n) is 21.2. The fourth-order valence-corrected chi connectivity index (χ4v) is 4.25. The number of benzene rings is 2. The second-order valence-corrected chi connectivity index (χ2v) is 8.72. The highest BCUT2D eigenvalue weighted by Crippen LogP contribution is 2.33. The van der Waals surface area contributed by atoms with Gasteiger partial charge in [-0.2, -0.15) is 10.4 Å². The monoisotopic (exact) mass is 492 g/mol. The molecule has 0 atom stereocenters. The van der Waals surface area contributed by atoms with Crippen LogP contribution in [-0.2, 0) is 9.59 Å². The number of aromatic nitrogens is 2. The van der Waals surface area contributed by atoms with Gasteiger partial charge in [-0.1, -0.05) is 37.8 Å².